The van der Waals surface area contributed by atoms with Gasteiger partial charge in [-0.15, -0.1) is 11.8 Å². The lowest BCUT2D eigenvalue weighted by Crippen LogP contribution is -2.16. The van der Waals surface area contributed by atoms with Crippen molar-refractivity contribution >= 4 is 33.9 Å². The summed E-state index contributed by atoms with van der Waals surface area (Å²) in [4.78, 5) is 14.8. The second-order valence-corrected chi connectivity index (χ2v) is 4.80. The van der Waals surface area contributed by atoms with Gasteiger partial charge < -0.3 is 5.32 Å². The Balaban J connectivity index is 2.45. The third-order valence-electron chi connectivity index (χ3n) is 2.55. The van der Waals surface area contributed by atoms with Gasteiger partial charge in [0.2, 0.25) is 0 Å². The number of anilines is 1. The zero-order valence-electron chi connectivity index (χ0n) is 9.64. The molecule has 1 heterocycles. The fourth-order valence-electron chi connectivity index (χ4n) is 1.74. The molecule has 0 aromatic heterocycles. The zero-order chi connectivity index (χ0) is 12.4. The van der Waals surface area contributed by atoms with E-state index in [1.165, 1.54) is 6.07 Å². The number of hydrogen-bond donors (Lipinski definition) is 1. The quantitative estimate of drug-likeness (QED) is 0.614. The molecule has 0 bridgehead atoms. The molecule has 0 saturated heterocycles. The van der Waals surface area contributed by atoms with E-state index in [2.05, 4.69) is 10.3 Å². The fraction of sp³-hybridized carbons (Fsp3) is 0.364. The van der Waals surface area contributed by atoms with Crippen LogP contribution in [-0.2, 0) is 0 Å². The molecule has 0 spiro atoms. The molecule has 1 aliphatic heterocycles. The van der Waals surface area contributed by atoms with Gasteiger partial charge in [0, 0.05) is 24.6 Å². The van der Waals surface area contributed by atoms with Gasteiger partial charge in [-0.3, -0.25) is 10.1 Å². The van der Waals surface area contributed by atoms with Gasteiger partial charge in [-0.05, 0) is 19.2 Å². The van der Waals surface area contributed by atoms with E-state index in [4.69, 9.17) is 0 Å². The monoisotopic (exact) mass is 251 g/mol. The van der Waals surface area contributed by atoms with Crippen molar-refractivity contribution in [3.8, 4) is 0 Å². The van der Waals surface area contributed by atoms with E-state index >= 15 is 0 Å². The molecule has 2 rings (SSSR count). The van der Waals surface area contributed by atoms with Crippen LogP contribution in [0.5, 0.6) is 0 Å². The molecule has 0 amide bonds. The smallest absolute Gasteiger partial charge is 0.271 e. The number of nitrogens with zero attached hydrogens (tertiary/aromatic N) is 2. The first kappa shape index (κ1) is 11.9. The highest BCUT2D eigenvalue weighted by Gasteiger charge is 2.17. The first-order chi connectivity index (χ1) is 8.10. The van der Waals surface area contributed by atoms with Crippen LogP contribution in [-0.4, -0.2) is 22.3 Å². The van der Waals surface area contributed by atoms with E-state index in [1.807, 2.05) is 13.2 Å². The molecular formula is C11H13N3O2S. The number of nitro benzene ring substituents is 1. The number of nitrogens with one attached hydrogen (secondary N) is 1. The van der Waals surface area contributed by atoms with Crippen LogP contribution in [0.1, 0.15) is 13.3 Å². The predicted molar refractivity (Wildman–Crippen MR) is 71.4 cm³/mol. The summed E-state index contributed by atoms with van der Waals surface area (Å²) >= 11 is 1.61. The molecule has 1 aliphatic rings. The Morgan fingerprint density at radius 1 is 1.59 bits per heavy atom. The molecule has 1 aromatic carbocycles. The van der Waals surface area contributed by atoms with Gasteiger partial charge in [-0.1, -0.05) is 0 Å². The molecule has 6 heteroatoms. The van der Waals surface area contributed by atoms with Crippen LogP contribution in [0.25, 0.3) is 0 Å². The summed E-state index contributed by atoms with van der Waals surface area (Å²) in [6, 6.07) is 4.94. The van der Waals surface area contributed by atoms with E-state index in [1.54, 1.807) is 23.9 Å². The van der Waals surface area contributed by atoms with Gasteiger partial charge in [0.1, 0.15) is 0 Å². The third kappa shape index (κ3) is 2.58. The Hall–Kier alpha value is -1.56. The number of benzene rings is 1. The van der Waals surface area contributed by atoms with E-state index in [0.29, 0.717) is 0 Å². The van der Waals surface area contributed by atoms with Crippen LogP contribution >= 0.6 is 11.8 Å². The molecule has 1 aromatic rings. The first-order valence-corrected chi connectivity index (χ1v) is 6.49. The minimum absolute atomic E-state index is 0.0891. The Bertz CT molecular complexity index is 488. The third-order valence-corrected chi connectivity index (χ3v) is 3.28. The van der Waals surface area contributed by atoms with Crippen LogP contribution in [0, 0.1) is 10.1 Å². The van der Waals surface area contributed by atoms with Crippen molar-refractivity contribution in [3.63, 3.8) is 0 Å². The average molecular weight is 251 g/mol. The molecule has 1 atom stereocenters. The summed E-state index contributed by atoms with van der Waals surface area (Å²) in [6.45, 7) is 2.04. The highest BCUT2D eigenvalue weighted by atomic mass is 32.2. The van der Waals surface area contributed by atoms with E-state index < -0.39 is 4.92 Å². The summed E-state index contributed by atoms with van der Waals surface area (Å²) in [5, 5.41) is 15.0. The minimum atomic E-state index is -0.392. The second-order valence-electron chi connectivity index (χ2n) is 3.92. The summed E-state index contributed by atoms with van der Waals surface area (Å²) in [5.41, 5.74) is 1.59. The topological polar surface area (TPSA) is 67.5 Å². The summed E-state index contributed by atoms with van der Waals surface area (Å²) < 4.78 is 0. The maximum atomic E-state index is 10.7. The Morgan fingerprint density at radius 3 is 3.00 bits per heavy atom. The largest absolute Gasteiger partial charge is 0.380 e. The molecule has 5 nitrogen and oxygen atoms in total. The van der Waals surface area contributed by atoms with Crippen molar-refractivity contribution < 1.29 is 4.92 Å². The lowest BCUT2D eigenvalue weighted by molar-refractivity contribution is -0.384. The maximum Gasteiger partial charge on any atom is 0.271 e. The van der Waals surface area contributed by atoms with E-state index in [-0.39, 0.29) is 11.7 Å². The first-order valence-electron chi connectivity index (χ1n) is 5.26. The van der Waals surface area contributed by atoms with Gasteiger partial charge in [-0.25, -0.2) is 4.99 Å². The Kier molecular flexibility index (Phi) is 3.33. The second kappa shape index (κ2) is 4.75. The molecule has 0 aliphatic carbocycles. The van der Waals surface area contributed by atoms with Crippen molar-refractivity contribution in [1.82, 2.24) is 0 Å². The van der Waals surface area contributed by atoms with Crippen LogP contribution < -0.4 is 5.32 Å². The fourth-order valence-corrected chi connectivity index (χ4v) is 2.34. The SMILES string of the molecule is CSC1=Nc2ccc([N+](=O)[O-])cc2NC(C)C1. The van der Waals surface area contributed by atoms with Crippen LogP contribution in [0.15, 0.2) is 23.2 Å². The van der Waals surface area contributed by atoms with Crippen LogP contribution in [0.2, 0.25) is 0 Å². The molecule has 0 radical (unpaired) electrons. The van der Waals surface area contributed by atoms with Crippen molar-refractivity contribution in [1.29, 1.82) is 0 Å². The van der Waals surface area contributed by atoms with Gasteiger partial charge >= 0.3 is 0 Å². The molecule has 0 saturated carbocycles. The molecule has 90 valence electrons. The highest BCUT2D eigenvalue weighted by Crippen LogP contribution is 2.33. The molecule has 0 fully saturated rings. The number of non-ortho nitro benzene ring substituents is 1. The van der Waals surface area contributed by atoms with Crippen molar-refractivity contribution in [2.24, 2.45) is 4.99 Å². The Labute approximate surface area is 103 Å². The van der Waals surface area contributed by atoms with Crippen molar-refractivity contribution in [3.05, 3.63) is 28.3 Å². The van der Waals surface area contributed by atoms with Crippen LogP contribution in [0.4, 0.5) is 17.1 Å². The summed E-state index contributed by atoms with van der Waals surface area (Å²) in [5.74, 6) is 0. The number of nitro groups is 1. The van der Waals surface area contributed by atoms with Gasteiger partial charge in [-0.2, -0.15) is 0 Å². The summed E-state index contributed by atoms with van der Waals surface area (Å²) in [7, 11) is 0. The van der Waals surface area contributed by atoms with Crippen molar-refractivity contribution in [2.45, 2.75) is 19.4 Å². The number of rotatable bonds is 1. The van der Waals surface area contributed by atoms with Crippen LogP contribution in [0.3, 0.4) is 0 Å². The number of hydrogen-bond acceptors (Lipinski definition) is 5. The standard InChI is InChI=1S/C11H13N3O2S/c1-7-5-11(17-2)13-9-4-3-8(14(15)16)6-10(9)12-7/h3-4,6-7,12H,5H2,1-2H3. The number of thioether (sulfide) groups is 1. The highest BCUT2D eigenvalue weighted by molar-refractivity contribution is 8.13. The molecule has 17 heavy (non-hydrogen) atoms. The molecule has 1 unspecified atom stereocenters. The van der Waals surface area contributed by atoms with E-state index in [0.717, 1.165) is 22.8 Å². The molecular weight excluding hydrogens is 238 g/mol. The van der Waals surface area contributed by atoms with Crippen molar-refractivity contribution in [2.75, 3.05) is 11.6 Å². The number of fused-ring (bicyclic) bond motifs is 1. The average Bonchev–Trinajstić information content (AvgIpc) is 2.45. The summed E-state index contributed by atoms with van der Waals surface area (Å²) in [6.07, 6.45) is 2.82. The minimum Gasteiger partial charge on any atom is -0.380 e. The number of aliphatic imine (C=N–C) groups is 1. The van der Waals surface area contributed by atoms with Gasteiger partial charge in [0.25, 0.3) is 5.69 Å². The Morgan fingerprint density at radius 2 is 2.35 bits per heavy atom. The van der Waals surface area contributed by atoms with Gasteiger partial charge in [0.05, 0.1) is 21.3 Å². The van der Waals surface area contributed by atoms with E-state index in [9.17, 15) is 10.1 Å². The lowest BCUT2D eigenvalue weighted by atomic mass is 10.2. The zero-order valence-corrected chi connectivity index (χ0v) is 10.5. The predicted octanol–water partition coefficient (Wildman–Crippen LogP) is 3.19. The van der Waals surface area contributed by atoms with Gasteiger partial charge in [0.15, 0.2) is 0 Å². The maximum absolute atomic E-state index is 10.7. The molecule has 1 N–H and O–H groups in total. The lowest BCUT2D eigenvalue weighted by Gasteiger charge is -2.12. The normalized spacial score (nSPS) is 18.7.